The predicted molar refractivity (Wildman–Crippen MR) is 223 cm³/mol. The molecule has 0 spiro atoms. The number of likely N-dealkylation sites (tertiary alicyclic amines) is 1. The van der Waals surface area contributed by atoms with Gasteiger partial charge in [0.05, 0.1) is 12.6 Å². The number of hydrogen-bond donors (Lipinski definition) is 3. The Morgan fingerprint density at radius 3 is 2.40 bits per heavy atom. The zero-order valence-electron chi connectivity index (χ0n) is 35.4. The summed E-state index contributed by atoms with van der Waals surface area (Å²) in [6.07, 6.45) is 10.2. The maximum absolute atomic E-state index is 14.6. The van der Waals surface area contributed by atoms with Crippen molar-refractivity contribution in [2.45, 2.75) is 140 Å². The topological polar surface area (TPSA) is 187 Å². The molecule has 0 radical (unpaired) electrons. The number of amides is 5. The molecule has 0 bridgehead atoms. The Hall–Kier alpha value is -4.22. The van der Waals surface area contributed by atoms with E-state index < -0.39 is 75.4 Å². The first kappa shape index (κ1) is 43.9. The number of nitrogens with one attached hydrogen (secondary N) is 3. The molecule has 16 nitrogen and oxygen atoms in total. The van der Waals surface area contributed by atoms with Gasteiger partial charge < -0.3 is 29.9 Å². The number of carbonyl (C=O) groups excluding carboxylic acids is 5. The molecular formula is C43H63N7O9S. The minimum Gasteiger partial charge on any atom is -0.444 e. The van der Waals surface area contributed by atoms with Crippen LogP contribution in [-0.2, 0) is 40.5 Å². The van der Waals surface area contributed by atoms with E-state index in [1.807, 2.05) is 24.3 Å². The molecule has 1 saturated carbocycles. The first-order chi connectivity index (χ1) is 28.6. The molecule has 1 aromatic rings. The molecule has 5 aliphatic heterocycles. The summed E-state index contributed by atoms with van der Waals surface area (Å²) in [6.45, 7) is 8.67. The van der Waals surface area contributed by atoms with Crippen LogP contribution in [0.2, 0.25) is 0 Å². The van der Waals surface area contributed by atoms with E-state index in [2.05, 4.69) is 32.4 Å². The zero-order chi connectivity index (χ0) is 42.7. The van der Waals surface area contributed by atoms with E-state index in [1.165, 1.54) is 21.2 Å². The van der Waals surface area contributed by atoms with Crippen molar-refractivity contribution < 1.29 is 41.9 Å². The number of rotatable bonds is 7. The van der Waals surface area contributed by atoms with Gasteiger partial charge in [-0.2, -0.15) is 12.7 Å². The fraction of sp³-hybridized carbons (Fsp3) is 0.698. The van der Waals surface area contributed by atoms with Crippen molar-refractivity contribution in [1.82, 2.24) is 34.4 Å². The normalized spacial score (nSPS) is 30.1. The molecule has 6 atom stereocenters. The van der Waals surface area contributed by atoms with Crippen molar-refractivity contribution in [2.24, 2.45) is 5.92 Å². The third kappa shape index (κ3) is 10.3. The molecule has 1 aromatic carbocycles. The highest BCUT2D eigenvalue weighted by Gasteiger charge is 2.62. The maximum Gasteiger partial charge on any atom is 0.410 e. The van der Waals surface area contributed by atoms with Crippen molar-refractivity contribution in [3.63, 3.8) is 0 Å². The number of ether oxygens (including phenoxy) is 2. The summed E-state index contributed by atoms with van der Waals surface area (Å²) in [6, 6.07) is 5.69. The molecule has 6 aliphatic rings. The smallest absolute Gasteiger partial charge is 0.410 e. The summed E-state index contributed by atoms with van der Waals surface area (Å²) in [5.41, 5.74) is -0.117. The van der Waals surface area contributed by atoms with Gasteiger partial charge in [0.2, 0.25) is 11.8 Å². The van der Waals surface area contributed by atoms with Crippen LogP contribution < -0.4 is 15.4 Å². The summed E-state index contributed by atoms with van der Waals surface area (Å²) in [4.78, 5) is 76.1. The van der Waals surface area contributed by atoms with Gasteiger partial charge in [0, 0.05) is 38.5 Å². The Morgan fingerprint density at radius 2 is 1.65 bits per heavy atom. The molecular weight excluding hydrogens is 791 g/mol. The molecule has 0 aromatic heterocycles. The summed E-state index contributed by atoms with van der Waals surface area (Å²) in [5.74, 6) is -2.52. The number of allylic oxidation sites excluding steroid dienone is 1. The number of alkyl carbamates (subject to hydrolysis) is 1. The van der Waals surface area contributed by atoms with E-state index in [-0.39, 0.29) is 31.8 Å². The second kappa shape index (κ2) is 18.4. The number of carbonyl (C=O) groups is 5. The van der Waals surface area contributed by atoms with Gasteiger partial charge in [-0.15, -0.1) is 0 Å². The Morgan fingerprint density at radius 1 is 0.933 bits per heavy atom. The predicted octanol–water partition coefficient (Wildman–Crippen LogP) is 3.92. The molecule has 17 heteroatoms. The first-order valence-corrected chi connectivity index (χ1v) is 23.5. The first-order valence-electron chi connectivity index (χ1n) is 22.0. The van der Waals surface area contributed by atoms with E-state index >= 15 is 0 Å². The maximum atomic E-state index is 14.6. The molecule has 5 heterocycles. The van der Waals surface area contributed by atoms with Crippen LogP contribution in [0.5, 0.6) is 0 Å². The zero-order valence-corrected chi connectivity index (χ0v) is 36.2. The molecule has 330 valence electrons. The SMILES string of the molecule is CC(C)(C)OC(=O)NC1CCCCC/C=C\C2CC2(C(=O)NS(=O)(=O)N2CCCC2)NC(=O)C2CC(OC(=O)N3CCc4ccccc4C3CN3CCCCC3)CN2C1=O. The van der Waals surface area contributed by atoms with Crippen LogP contribution in [0, 0.1) is 5.92 Å². The highest BCUT2D eigenvalue weighted by molar-refractivity contribution is 7.87. The van der Waals surface area contributed by atoms with Crippen LogP contribution >= 0.6 is 0 Å². The second-order valence-electron chi connectivity index (χ2n) is 18.3. The lowest BCUT2D eigenvalue weighted by atomic mass is 9.92. The number of nitrogens with zero attached hydrogens (tertiary/aromatic N) is 4. The van der Waals surface area contributed by atoms with E-state index in [9.17, 15) is 32.4 Å². The van der Waals surface area contributed by atoms with Crippen LogP contribution in [0.3, 0.4) is 0 Å². The van der Waals surface area contributed by atoms with Crippen molar-refractivity contribution in [1.29, 1.82) is 0 Å². The molecule has 6 unspecified atom stereocenters. The largest absolute Gasteiger partial charge is 0.444 e. The Labute approximate surface area is 354 Å². The van der Waals surface area contributed by atoms with Crippen LogP contribution in [0.15, 0.2) is 36.4 Å². The second-order valence-corrected chi connectivity index (χ2v) is 20.0. The minimum absolute atomic E-state index is 0.0615. The van der Waals surface area contributed by atoms with Crippen LogP contribution in [-0.4, -0.2) is 132 Å². The van der Waals surface area contributed by atoms with E-state index in [4.69, 9.17) is 9.47 Å². The van der Waals surface area contributed by atoms with E-state index in [1.54, 1.807) is 25.7 Å². The Kier molecular flexibility index (Phi) is 13.5. The Balaban J connectivity index is 1.15. The average Bonchev–Trinajstić information content (AvgIpc) is 3.50. The molecule has 1 aliphatic carbocycles. The van der Waals surface area contributed by atoms with Crippen molar-refractivity contribution in [3.8, 4) is 0 Å². The highest BCUT2D eigenvalue weighted by Crippen LogP contribution is 2.46. The van der Waals surface area contributed by atoms with Gasteiger partial charge in [-0.3, -0.25) is 19.3 Å². The summed E-state index contributed by atoms with van der Waals surface area (Å²) in [5, 5.41) is 5.63. The average molecular weight is 854 g/mol. The highest BCUT2D eigenvalue weighted by atomic mass is 32.2. The van der Waals surface area contributed by atoms with E-state index in [0.717, 1.165) is 44.3 Å². The van der Waals surface area contributed by atoms with Gasteiger partial charge in [-0.25, -0.2) is 14.3 Å². The molecule has 3 saturated heterocycles. The van der Waals surface area contributed by atoms with Gasteiger partial charge in [-0.05, 0) is 103 Å². The summed E-state index contributed by atoms with van der Waals surface area (Å²) in [7, 11) is -4.15. The lowest BCUT2D eigenvalue weighted by Gasteiger charge is -2.40. The lowest BCUT2D eigenvalue weighted by Crippen LogP contribution is -2.59. The summed E-state index contributed by atoms with van der Waals surface area (Å²) >= 11 is 0. The van der Waals surface area contributed by atoms with Gasteiger partial charge in [0.25, 0.3) is 5.91 Å². The molecule has 60 heavy (non-hydrogen) atoms. The monoisotopic (exact) mass is 853 g/mol. The van der Waals surface area contributed by atoms with Gasteiger partial charge in [0.15, 0.2) is 0 Å². The fourth-order valence-corrected chi connectivity index (χ4v) is 10.8. The van der Waals surface area contributed by atoms with Gasteiger partial charge in [0.1, 0.15) is 29.3 Å². The lowest BCUT2D eigenvalue weighted by molar-refractivity contribution is -0.141. The van der Waals surface area contributed by atoms with Crippen molar-refractivity contribution in [2.75, 3.05) is 45.8 Å². The van der Waals surface area contributed by atoms with Gasteiger partial charge in [-0.1, -0.05) is 55.7 Å². The molecule has 4 fully saturated rings. The number of hydrogen-bond acceptors (Lipinski definition) is 10. The van der Waals surface area contributed by atoms with Crippen molar-refractivity contribution >= 4 is 40.1 Å². The van der Waals surface area contributed by atoms with Crippen LogP contribution in [0.25, 0.3) is 0 Å². The fourth-order valence-electron chi connectivity index (χ4n) is 9.48. The van der Waals surface area contributed by atoms with Crippen LogP contribution in [0.4, 0.5) is 9.59 Å². The quantitative estimate of drug-likeness (QED) is 0.340. The molecule has 7 rings (SSSR count). The van der Waals surface area contributed by atoms with Crippen LogP contribution in [0.1, 0.15) is 115 Å². The van der Waals surface area contributed by atoms with Gasteiger partial charge >= 0.3 is 22.4 Å². The number of benzene rings is 1. The van der Waals surface area contributed by atoms with E-state index in [0.29, 0.717) is 58.3 Å². The number of piperidine rings is 1. The number of fused-ring (bicyclic) bond motifs is 3. The Bertz CT molecular complexity index is 1910. The van der Waals surface area contributed by atoms with Crippen molar-refractivity contribution in [3.05, 3.63) is 47.5 Å². The molecule has 3 N–H and O–H groups in total. The standard InChI is InChI=1S/C43H63N7O9S/c1-42(2,3)59-40(54)44-34-19-9-6-4-5-8-17-31-27-43(31,39(53)46-60(56,57)48-23-14-15-24-48)45-37(51)35-26-32(28-50(35)38(34)52)58-41(55)49-25-20-30-16-10-11-18-33(30)36(49)29-47-21-12-7-13-22-47/h8,10-11,16-18,31-32,34-36H,4-7,9,12-15,19-29H2,1-3H3,(H,44,54)(H,45,51)(H,46,53)/b17-8-. The summed E-state index contributed by atoms with van der Waals surface area (Å²) < 4.78 is 41.7. The third-order valence-corrected chi connectivity index (χ3v) is 14.2. The molecule has 5 amide bonds. The third-order valence-electron chi connectivity index (χ3n) is 12.8. The minimum atomic E-state index is -4.15.